The van der Waals surface area contributed by atoms with E-state index < -0.39 is 0 Å². The summed E-state index contributed by atoms with van der Waals surface area (Å²) in [6.07, 6.45) is 0. The van der Waals surface area contributed by atoms with Crippen LogP contribution in [0.1, 0.15) is 0 Å². The van der Waals surface area contributed by atoms with Gasteiger partial charge in [-0.3, -0.25) is 0 Å². The van der Waals surface area contributed by atoms with Crippen molar-refractivity contribution in [3.8, 4) is 11.3 Å². The third kappa shape index (κ3) is 2.03. The third-order valence-corrected chi connectivity index (χ3v) is 2.52. The minimum atomic E-state index is 0.313. The molecule has 0 aliphatic carbocycles. The predicted octanol–water partition coefficient (Wildman–Crippen LogP) is 3.60. The Kier molecular flexibility index (Phi) is 2.55. The SMILES string of the molecule is Clc1cc(-c2ccc(I)cc2)no1. The minimum Gasteiger partial charge on any atom is -0.344 e. The Morgan fingerprint density at radius 2 is 1.92 bits per heavy atom. The number of benzene rings is 1. The summed E-state index contributed by atoms with van der Waals surface area (Å²) in [5, 5.41) is 4.12. The van der Waals surface area contributed by atoms with Gasteiger partial charge in [-0.2, -0.15) is 0 Å². The second-order valence-electron chi connectivity index (χ2n) is 2.52. The molecule has 0 saturated heterocycles. The summed E-state index contributed by atoms with van der Waals surface area (Å²) < 4.78 is 5.95. The lowest BCUT2D eigenvalue weighted by molar-refractivity contribution is 0.424. The van der Waals surface area contributed by atoms with Crippen molar-refractivity contribution in [2.24, 2.45) is 0 Å². The molecule has 0 atom stereocenters. The first-order valence-electron chi connectivity index (χ1n) is 3.64. The van der Waals surface area contributed by atoms with E-state index in [0.29, 0.717) is 5.22 Å². The zero-order valence-corrected chi connectivity index (χ0v) is 9.41. The average Bonchev–Trinajstić information content (AvgIpc) is 2.53. The lowest BCUT2D eigenvalue weighted by Crippen LogP contribution is -1.76. The largest absolute Gasteiger partial charge is 0.344 e. The van der Waals surface area contributed by atoms with E-state index >= 15 is 0 Å². The molecule has 66 valence electrons. The van der Waals surface area contributed by atoms with Gasteiger partial charge in [-0.25, -0.2) is 0 Å². The molecular formula is C9H5ClINO. The fourth-order valence-corrected chi connectivity index (χ4v) is 1.51. The van der Waals surface area contributed by atoms with E-state index in [1.807, 2.05) is 24.3 Å². The molecule has 0 saturated carbocycles. The van der Waals surface area contributed by atoms with Crippen molar-refractivity contribution in [3.63, 3.8) is 0 Å². The monoisotopic (exact) mass is 305 g/mol. The maximum Gasteiger partial charge on any atom is 0.226 e. The van der Waals surface area contributed by atoms with Gasteiger partial charge in [0.25, 0.3) is 0 Å². The molecule has 2 aromatic rings. The van der Waals surface area contributed by atoms with Crippen molar-refractivity contribution in [2.45, 2.75) is 0 Å². The van der Waals surface area contributed by atoms with E-state index in [-0.39, 0.29) is 0 Å². The smallest absolute Gasteiger partial charge is 0.226 e. The molecule has 0 fully saturated rings. The van der Waals surface area contributed by atoms with Gasteiger partial charge >= 0.3 is 0 Å². The Bertz CT molecular complexity index is 410. The van der Waals surface area contributed by atoms with E-state index in [1.165, 1.54) is 3.57 Å². The summed E-state index contributed by atoms with van der Waals surface area (Å²) in [6, 6.07) is 9.69. The predicted molar refractivity (Wildman–Crippen MR) is 59.7 cm³/mol. The third-order valence-electron chi connectivity index (χ3n) is 1.62. The molecule has 1 heterocycles. The van der Waals surface area contributed by atoms with Gasteiger partial charge in [-0.1, -0.05) is 17.3 Å². The van der Waals surface area contributed by atoms with Crippen LogP contribution in [0, 0.1) is 3.57 Å². The van der Waals surface area contributed by atoms with Crippen molar-refractivity contribution >= 4 is 34.2 Å². The molecule has 0 aliphatic heterocycles. The van der Waals surface area contributed by atoms with Crippen LogP contribution in [0.4, 0.5) is 0 Å². The highest BCUT2D eigenvalue weighted by Crippen LogP contribution is 2.22. The number of hydrogen-bond donors (Lipinski definition) is 0. The maximum absolute atomic E-state index is 5.61. The van der Waals surface area contributed by atoms with Gasteiger partial charge in [0.2, 0.25) is 5.22 Å². The molecule has 1 aromatic heterocycles. The van der Waals surface area contributed by atoms with Crippen LogP contribution >= 0.6 is 34.2 Å². The van der Waals surface area contributed by atoms with Crippen LogP contribution in [0.15, 0.2) is 34.9 Å². The van der Waals surface area contributed by atoms with Crippen molar-refractivity contribution in [3.05, 3.63) is 39.1 Å². The van der Waals surface area contributed by atoms with Gasteiger partial charge in [-0.15, -0.1) is 0 Å². The Labute approximate surface area is 94.0 Å². The van der Waals surface area contributed by atoms with Crippen LogP contribution in [-0.4, -0.2) is 5.16 Å². The molecule has 0 aliphatic rings. The second kappa shape index (κ2) is 3.67. The Morgan fingerprint density at radius 1 is 1.23 bits per heavy atom. The molecule has 13 heavy (non-hydrogen) atoms. The molecule has 4 heteroatoms. The van der Waals surface area contributed by atoms with Crippen molar-refractivity contribution in [1.29, 1.82) is 0 Å². The number of nitrogens with zero attached hydrogens (tertiary/aromatic N) is 1. The Morgan fingerprint density at radius 3 is 2.46 bits per heavy atom. The molecule has 0 unspecified atom stereocenters. The Balaban J connectivity index is 2.41. The van der Waals surface area contributed by atoms with E-state index in [2.05, 4.69) is 27.7 Å². The number of halogens is 2. The average molecular weight is 306 g/mol. The van der Waals surface area contributed by atoms with Gasteiger partial charge in [0, 0.05) is 15.2 Å². The summed E-state index contributed by atoms with van der Waals surface area (Å²) in [7, 11) is 0. The lowest BCUT2D eigenvalue weighted by atomic mass is 10.2. The second-order valence-corrected chi connectivity index (χ2v) is 4.14. The molecule has 0 bridgehead atoms. The number of aromatic nitrogens is 1. The summed E-state index contributed by atoms with van der Waals surface area (Å²) in [5.74, 6) is 0. The van der Waals surface area contributed by atoms with E-state index in [0.717, 1.165) is 11.3 Å². The first kappa shape index (κ1) is 9.02. The highest BCUT2D eigenvalue weighted by atomic mass is 127. The molecule has 2 rings (SSSR count). The van der Waals surface area contributed by atoms with Crippen molar-refractivity contribution in [1.82, 2.24) is 5.16 Å². The molecule has 1 aromatic carbocycles. The maximum atomic E-state index is 5.61. The zero-order chi connectivity index (χ0) is 9.26. The van der Waals surface area contributed by atoms with E-state index in [9.17, 15) is 0 Å². The standard InChI is InChI=1S/C9H5ClINO/c10-9-5-8(12-13-9)6-1-3-7(11)4-2-6/h1-5H. The molecule has 2 nitrogen and oxygen atoms in total. The van der Waals surface area contributed by atoms with Gasteiger partial charge in [0.05, 0.1) is 0 Å². The summed E-state index contributed by atoms with van der Waals surface area (Å²) in [6.45, 7) is 0. The van der Waals surface area contributed by atoms with E-state index in [1.54, 1.807) is 6.07 Å². The zero-order valence-electron chi connectivity index (χ0n) is 6.50. The van der Waals surface area contributed by atoms with Gasteiger partial charge in [-0.05, 0) is 46.3 Å². The minimum absolute atomic E-state index is 0.313. The van der Waals surface area contributed by atoms with Gasteiger partial charge in [0.15, 0.2) is 0 Å². The highest BCUT2D eigenvalue weighted by Gasteiger charge is 2.03. The normalized spacial score (nSPS) is 10.3. The van der Waals surface area contributed by atoms with Crippen LogP contribution in [0.25, 0.3) is 11.3 Å². The number of rotatable bonds is 1. The first-order valence-corrected chi connectivity index (χ1v) is 5.09. The fraction of sp³-hybridized carbons (Fsp3) is 0. The topological polar surface area (TPSA) is 26.0 Å². The van der Waals surface area contributed by atoms with Gasteiger partial charge < -0.3 is 4.52 Å². The van der Waals surface area contributed by atoms with Crippen molar-refractivity contribution in [2.75, 3.05) is 0 Å². The highest BCUT2D eigenvalue weighted by molar-refractivity contribution is 14.1. The quantitative estimate of drug-likeness (QED) is 0.752. The molecule has 0 amide bonds. The summed E-state index contributed by atoms with van der Waals surface area (Å²) in [5.41, 5.74) is 1.78. The van der Waals surface area contributed by atoms with Crippen LogP contribution in [0.5, 0.6) is 0 Å². The summed E-state index contributed by atoms with van der Waals surface area (Å²) >= 11 is 7.86. The van der Waals surface area contributed by atoms with Crippen LogP contribution in [0.3, 0.4) is 0 Å². The van der Waals surface area contributed by atoms with E-state index in [4.69, 9.17) is 16.1 Å². The summed E-state index contributed by atoms with van der Waals surface area (Å²) in [4.78, 5) is 0. The molecule has 0 N–H and O–H groups in total. The molecule has 0 spiro atoms. The van der Waals surface area contributed by atoms with Crippen LogP contribution in [0.2, 0.25) is 5.22 Å². The molecular weight excluding hydrogens is 300 g/mol. The fourth-order valence-electron chi connectivity index (χ4n) is 1.01. The Hall–Kier alpha value is -0.550. The molecule has 0 radical (unpaired) electrons. The number of hydrogen-bond acceptors (Lipinski definition) is 2. The first-order chi connectivity index (χ1) is 6.25. The van der Waals surface area contributed by atoms with Crippen molar-refractivity contribution < 1.29 is 4.52 Å². The van der Waals surface area contributed by atoms with Gasteiger partial charge in [0.1, 0.15) is 5.69 Å². The lowest BCUT2D eigenvalue weighted by Gasteiger charge is -1.93. The van der Waals surface area contributed by atoms with Crippen LogP contribution < -0.4 is 0 Å². The van der Waals surface area contributed by atoms with Crippen LogP contribution in [-0.2, 0) is 0 Å².